The molecule has 1 aromatic carbocycles. The summed E-state index contributed by atoms with van der Waals surface area (Å²) in [5.41, 5.74) is 1.82. The number of benzene rings is 1. The minimum atomic E-state index is -1.37. The summed E-state index contributed by atoms with van der Waals surface area (Å²) < 4.78 is 7.34. The standard InChI is InChI=1S/C16H20N2O5/c19-8-13-15(21)16(22)14(20)12(23-13)7-18-9-17-6-11(18)10-4-2-1-3-5-10/h1-6,9,12-16,19-22H,7-8H2/t12-,13+,14-,15+,16+/m0/s1. The van der Waals surface area contributed by atoms with Gasteiger partial charge in [0.1, 0.15) is 30.5 Å². The molecule has 0 unspecified atom stereocenters. The maximum atomic E-state index is 10.1. The van der Waals surface area contributed by atoms with E-state index < -0.39 is 37.1 Å². The molecule has 23 heavy (non-hydrogen) atoms. The second kappa shape index (κ2) is 6.77. The highest BCUT2D eigenvalue weighted by atomic mass is 16.5. The number of hydrogen-bond donors (Lipinski definition) is 4. The van der Waals surface area contributed by atoms with Crippen LogP contribution in [0.5, 0.6) is 0 Å². The third kappa shape index (κ3) is 3.15. The van der Waals surface area contributed by atoms with E-state index in [4.69, 9.17) is 4.74 Å². The van der Waals surface area contributed by atoms with Gasteiger partial charge in [0.2, 0.25) is 0 Å². The fourth-order valence-corrected chi connectivity index (χ4v) is 2.84. The zero-order valence-electron chi connectivity index (χ0n) is 12.4. The molecular weight excluding hydrogens is 300 g/mol. The number of nitrogens with zero attached hydrogens (tertiary/aromatic N) is 2. The Labute approximate surface area is 133 Å². The molecular formula is C16H20N2O5. The smallest absolute Gasteiger partial charge is 0.111 e. The maximum Gasteiger partial charge on any atom is 0.111 e. The fraction of sp³-hybridized carbons (Fsp3) is 0.438. The second-order valence-electron chi connectivity index (χ2n) is 5.66. The zero-order chi connectivity index (χ0) is 16.4. The topological polar surface area (TPSA) is 108 Å². The molecule has 1 aliphatic rings. The molecule has 2 aromatic rings. The molecule has 0 spiro atoms. The Kier molecular flexibility index (Phi) is 4.74. The van der Waals surface area contributed by atoms with Gasteiger partial charge in [0.25, 0.3) is 0 Å². The minimum absolute atomic E-state index is 0.242. The van der Waals surface area contributed by atoms with Crippen molar-refractivity contribution in [2.24, 2.45) is 0 Å². The summed E-state index contributed by atoms with van der Waals surface area (Å²) in [6.07, 6.45) is -2.30. The average Bonchev–Trinajstić information content (AvgIpc) is 3.04. The first-order chi connectivity index (χ1) is 11.1. The molecule has 0 saturated carbocycles. The lowest BCUT2D eigenvalue weighted by molar-refractivity contribution is -0.231. The van der Waals surface area contributed by atoms with Gasteiger partial charge in [-0.05, 0) is 5.56 Å². The normalized spacial score (nSPS) is 31.2. The Balaban J connectivity index is 1.81. The number of hydrogen-bond acceptors (Lipinski definition) is 6. The van der Waals surface area contributed by atoms with Crippen LogP contribution in [0.25, 0.3) is 11.3 Å². The van der Waals surface area contributed by atoms with Crippen LogP contribution >= 0.6 is 0 Å². The second-order valence-corrected chi connectivity index (χ2v) is 5.66. The van der Waals surface area contributed by atoms with Crippen LogP contribution in [0.2, 0.25) is 0 Å². The van der Waals surface area contributed by atoms with Gasteiger partial charge in [-0.15, -0.1) is 0 Å². The molecule has 2 heterocycles. The van der Waals surface area contributed by atoms with Crippen LogP contribution in [0.4, 0.5) is 0 Å². The number of aliphatic hydroxyl groups excluding tert-OH is 4. The van der Waals surface area contributed by atoms with Crippen LogP contribution in [0.15, 0.2) is 42.9 Å². The van der Waals surface area contributed by atoms with Crippen LogP contribution in [-0.2, 0) is 11.3 Å². The Morgan fingerprint density at radius 2 is 1.70 bits per heavy atom. The summed E-state index contributed by atoms with van der Waals surface area (Å²) in [6.45, 7) is -0.192. The SMILES string of the molecule is OC[C@H]1O[C@@H](Cn2cncc2-c2ccccc2)[C@H](O)[C@@H](O)[C@@H]1O. The summed E-state index contributed by atoms with van der Waals surface area (Å²) in [5.74, 6) is 0. The fourth-order valence-electron chi connectivity index (χ4n) is 2.84. The van der Waals surface area contributed by atoms with Gasteiger partial charge in [-0.3, -0.25) is 0 Å². The first kappa shape index (κ1) is 16.1. The van der Waals surface area contributed by atoms with Gasteiger partial charge in [-0.2, -0.15) is 0 Å². The lowest BCUT2D eigenvalue weighted by Gasteiger charge is -2.40. The molecule has 0 bridgehead atoms. The summed E-state index contributed by atoms with van der Waals surface area (Å²) in [7, 11) is 0. The molecule has 1 aliphatic heterocycles. The van der Waals surface area contributed by atoms with Crippen molar-refractivity contribution in [2.45, 2.75) is 37.1 Å². The van der Waals surface area contributed by atoms with E-state index in [2.05, 4.69) is 4.98 Å². The van der Waals surface area contributed by atoms with Crippen LogP contribution in [0.1, 0.15) is 0 Å². The summed E-state index contributed by atoms with van der Waals surface area (Å²) in [6, 6.07) is 9.64. The molecule has 4 N–H and O–H groups in total. The van der Waals surface area contributed by atoms with Gasteiger partial charge in [-0.1, -0.05) is 30.3 Å². The van der Waals surface area contributed by atoms with Crippen molar-refractivity contribution in [3.05, 3.63) is 42.9 Å². The minimum Gasteiger partial charge on any atom is -0.394 e. The first-order valence-corrected chi connectivity index (χ1v) is 7.48. The summed E-state index contributed by atoms with van der Waals surface area (Å²) in [4.78, 5) is 4.13. The van der Waals surface area contributed by atoms with Gasteiger partial charge in [0.05, 0.1) is 31.4 Å². The predicted molar refractivity (Wildman–Crippen MR) is 81.4 cm³/mol. The van der Waals surface area contributed by atoms with Gasteiger partial charge in [-0.25, -0.2) is 4.98 Å². The Bertz CT molecular complexity index is 630. The first-order valence-electron chi connectivity index (χ1n) is 7.48. The van der Waals surface area contributed by atoms with Crippen molar-refractivity contribution in [2.75, 3.05) is 6.61 Å². The van der Waals surface area contributed by atoms with Crippen LogP contribution < -0.4 is 0 Å². The van der Waals surface area contributed by atoms with E-state index in [1.807, 2.05) is 34.9 Å². The van der Waals surface area contributed by atoms with Crippen LogP contribution in [0, 0.1) is 0 Å². The van der Waals surface area contributed by atoms with Gasteiger partial charge < -0.3 is 29.7 Å². The molecule has 0 radical (unpaired) electrons. The van der Waals surface area contributed by atoms with Gasteiger partial charge in [0, 0.05) is 0 Å². The number of aromatic nitrogens is 2. The zero-order valence-corrected chi connectivity index (χ0v) is 12.4. The van der Waals surface area contributed by atoms with Crippen molar-refractivity contribution < 1.29 is 25.2 Å². The van der Waals surface area contributed by atoms with Crippen molar-refractivity contribution in [1.82, 2.24) is 9.55 Å². The maximum absolute atomic E-state index is 10.1. The molecule has 1 aromatic heterocycles. The van der Waals surface area contributed by atoms with Crippen molar-refractivity contribution in [1.29, 1.82) is 0 Å². The molecule has 1 saturated heterocycles. The van der Waals surface area contributed by atoms with E-state index in [1.54, 1.807) is 12.5 Å². The molecule has 124 valence electrons. The van der Waals surface area contributed by atoms with E-state index in [0.29, 0.717) is 0 Å². The lowest BCUT2D eigenvalue weighted by atomic mass is 9.95. The molecule has 0 amide bonds. The van der Waals surface area contributed by atoms with Gasteiger partial charge in [0.15, 0.2) is 0 Å². The summed E-state index contributed by atoms with van der Waals surface area (Å²) in [5, 5.41) is 39.1. The third-order valence-electron chi connectivity index (χ3n) is 4.15. The molecule has 7 heteroatoms. The van der Waals surface area contributed by atoms with E-state index in [1.165, 1.54) is 0 Å². The Morgan fingerprint density at radius 3 is 2.39 bits per heavy atom. The number of imidazole rings is 1. The average molecular weight is 320 g/mol. The van der Waals surface area contributed by atoms with E-state index in [9.17, 15) is 20.4 Å². The van der Waals surface area contributed by atoms with E-state index in [-0.39, 0.29) is 6.54 Å². The summed E-state index contributed by atoms with van der Waals surface area (Å²) >= 11 is 0. The highest BCUT2D eigenvalue weighted by Gasteiger charge is 2.43. The van der Waals surface area contributed by atoms with Crippen molar-refractivity contribution >= 4 is 0 Å². The van der Waals surface area contributed by atoms with Crippen molar-refractivity contribution in [3.63, 3.8) is 0 Å². The highest BCUT2D eigenvalue weighted by molar-refractivity contribution is 5.58. The van der Waals surface area contributed by atoms with Crippen LogP contribution in [-0.4, -0.2) is 67.1 Å². The molecule has 1 fully saturated rings. The molecule has 5 atom stereocenters. The third-order valence-corrected chi connectivity index (χ3v) is 4.15. The Hall–Kier alpha value is -1.77. The van der Waals surface area contributed by atoms with Crippen LogP contribution in [0.3, 0.4) is 0 Å². The number of rotatable bonds is 4. The van der Waals surface area contributed by atoms with Gasteiger partial charge >= 0.3 is 0 Å². The monoisotopic (exact) mass is 320 g/mol. The lowest BCUT2D eigenvalue weighted by Crippen LogP contribution is -2.59. The van der Waals surface area contributed by atoms with E-state index >= 15 is 0 Å². The predicted octanol–water partition coefficient (Wildman–Crippen LogP) is -0.608. The Morgan fingerprint density at radius 1 is 1.00 bits per heavy atom. The number of ether oxygens (including phenoxy) is 1. The quantitative estimate of drug-likeness (QED) is 0.599. The highest BCUT2D eigenvalue weighted by Crippen LogP contribution is 2.25. The molecule has 7 nitrogen and oxygen atoms in total. The largest absolute Gasteiger partial charge is 0.394 e. The van der Waals surface area contributed by atoms with E-state index in [0.717, 1.165) is 11.3 Å². The molecule has 3 rings (SSSR count). The van der Waals surface area contributed by atoms with Crippen molar-refractivity contribution in [3.8, 4) is 11.3 Å². The molecule has 0 aliphatic carbocycles. The number of aliphatic hydroxyl groups is 4.